The second-order valence-electron chi connectivity index (χ2n) is 11.6. The molecule has 0 aromatic heterocycles. The van der Waals surface area contributed by atoms with Crippen molar-refractivity contribution in [1.82, 2.24) is 15.5 Å². The first kappa shape index (κ1) is 31.0. The van der Waals surface area contributed by atoms with Crippen molar-refractivity contribution in [2.45, 2.75) is 71.6 Å². The number of carbonyl (C=O) groups is 2. The second-order valence-corrected chi connectivity index (χ2v) is 11.6. The molecule has 224 valence electrons. The molecule has 1 aliphatic carbocycles. The fourth-order valence-electron chi connectivity index (χ4n) is 5.87. The van der Waals surface area contributed by atoms with Crippen molar-refractivity contribution in [1.29, 1.82) is 0 Å². The normalized spacial score (nSPS) is 21.3. The van der Waals surface area contributed by atoms with Crippen LogP contribution in [-0.2, 0) is 27.3 Å². The number of nitrogens with zero attached hydrogens (tertiary/aromatic N) is 2. The Hall–Kier alpha value is -2.94. The van der Waals surface area contributed by atoms with Crippen LogP contribution in [0.1, 0.15) is 56.2 Å². The minimum Gasteiger partial charge on any atom is -0.490 e. The summed E-state index contributed by atoms with van der Waals surface area (Å²) in [6.45, 7) is 12.1. The monoisotopic (exact) mass is 564 g/mol. The highest BCUT2D eigenvalue weighted by Gasteiger charge is 2.30. The summed E-state index contributed by atoms with van der Waals surface area (Å²) in [6.07, 6.45) is 3.70. The molecule has 8 nitrogen and oxygen atoms in total. The molecule has 0 spiro atoms. The summed E-state index contributed by atoms with van der Waals surface area (Å²) in [6, 6.07) is 14.7. The number of amides is 2. The minimum atomic E-state index is -0.0241. The van der Waals surface area contributed by atoms with Gasteiger partial charge < -0.3 is 25.0 Å². The minimum absolute atomic E-state index is 0.00823. The Morgan fingerprint density at radius 2 is 1.93 bits per heavy atom. The van der Waals surface area contributed by atoms with Crippen LogP contribution in [0.5, 0.6) is 5.75 Å². The van der Waals surface area contributed by atoms with Gasteiger partial charge in [-0.05, 0) is 87.4 Å². The van der Waals surface area contributed by atoms with Crippen LogP contribution in [0.4, 0.5) is 5.69 Å². The van der Waals surface area contributed by atoms with Gasteiger partial charge in [-0.15, -0.1) is 0 Å². The number of hydrogen-bond donors (Lipinski definition) is 2. The van der Waals surface area contributed by atoms with Crippen LogP contribution in [-0.4, -0.2) is 75.3 Å². The summed E-state index contributed by atoms with van der Waals surface area (Å²) in [4.78, 5) is 29.9. The first-order valence-corrected chi connectivity index (χ1v) is 15.2. The molecular formula is C33H48N4O4. The van der Waals surface area contributed by atoms with Crippen LogP contribution in [0.15, 0.2) is 42.5 Å². The molecule has 2 aliphatic rings. The van der Waals surface area contributed by atoms with Crippen molar-refractivity contribution in [3.63, 3.8) is 0 Å². The van der Waals surface area contributed by atoms with Gasteiger partial charge in [0.15, 0.2) is 0 Å². The number of piperazine rings is 1. The molecule has 8 heteroatoms. The summed E-state index contributed by atoms with van der Waals surface area (Å²) in [5.74, 6) is 0.948. The van der Waals surface area contributed by atoms with E-state index in [1.165, 1.54) is 11.1 Å². The van der Waals surface area contributed by atoms with E-state index in [1.807, 2.05) is 43.1 Å². The molecule has 1 atom stereocenters. The van der Waals surface area contributed by atoms with Crippen molar-refractivity contribution in [2.75, 3.05) is 51.3 Å². The fourth-order valence-corrected chi connectivity index (χ4v) is 5.87. The van der Waals surface area contributed by atoms with Gasteiger partial charge in [-0.1, -0.05) is 18.2 Å². The van der Waals surface area contributed by atoms with Crippen LogP contribution in [0.25, 0.3) is 0 Å². The average Bonchev–Trinajstić information content (AvgIpc) is 2.96. The van der Waals surface area contributed by atoms with Crippen LogP contribution in [0, 0.1) is 12.8 Å². The van der Waals surface area contributed by atoms with E-state index in [0.717, 1.165) is 68.9 Å². The Labute approximate surface area is 245 Å². The molecule has 1 saturated carbocycles. The third-order valence-corrected chi connectivity index (χ3v) is 8.25. The number of carbonyl (C=O) groups excluding carboxylic acids is 2. The number of nitrogens with one attached hydrogen (secondary N) is 2. The van der Waals surface area contributed by atoms with Gasteiger partial charge in [-0.3, -0.25) is 14.5 Å². The lowest BCUT2D eigenvalue weighted by molar-refractivity contribution is -0.123. The van der Waals surface area contributed by atoms with Crippen molar-refractivity contribution in [2.24, 2.45) is 5.92 Å². The van der Waals surface area contributed by atoms with Crippen LogP contribution in [0.3, 0.4) is 0 Å². The maximum absolute atomic E-state index is 13.4. The maximum atomic E-state index is 13.4. The first-order chi connectivity index (χ1) is 19.8. The SMILES string of the molecule is CCOCCNC(=O)Cc1cccc(O[C@H]2CC[C@H](C(=O)N(C)c3ccc(CN4CCN[C@@H](C)C4)c(C)c3)CC2)c1. The van der Waals surface area contributed by atoms with Gasteiger partial charge in [-0.25, -0.2) is 0 Å². The highest BCUT2D eigenvalue weighted by atomic mass is 16.5. The molecule has 2 aromatic carbocycles. The number of rotatable bonds is 12. The summed E-state index contributed by atoms with van der Waals surface area (Å²) in [7, 11) is 1.90. The van der Waals surface area contributed by atoms with E-state index in [2.05, 4.69) is 47.6 Å². The van der Waals surface area contributed by atoms with E-state index >= 15 is 0 Å². The lowest BCUT2D eigenvalue weighted by atomic mass is 9.86. The smallest absolute Gasteiger partial charge is 0.229 e. The van der Waals surface area contributed by atoms with E-state index in [9.17, 15) is 9.59 Å². The van der Waals surface area contributed by atoms with Crippen molar-refractivity contribution >= 4 is 17.5 Å². The maximum Gasteiger partial charge on any atom is 0.229 e. The topological polar surface area (TPSA) is 83.1 Å². The zero-order chi connectivity index (χ0) is 29.2. The standard InChI is InChI=1S/C33H48N4O4/c1-5-40-18-16-35-32(38)21-26-7-6-8-31(20-26)41-30-13-10-27(11-14-30)33(39)36(4)29-12-9-28(24(2)19-29)23-37-17-15-34-25(3)22-37/h6-9,12,19-20,25,27,30,34H,5,10-11,13-18,21-23H2,1-4H3,(H,35,38)/t25-,27-,30-/m0/s1. The quantitative estimate of drug-likeness (QED) is 0.378. The Bertz CT molecular complexity index is 1150. The first-order valence-electron chi connectivity index (χ1n) is 15.2. The molecule has 4 rings (SSSR count). The molecule has 1 aliphatic heterocycles. The van der Waals surface area contributed by atoms with Gasteiger partial charge in [0.1, 0.15) is 5.75 Å². The predicted octanol–water partition coefficient (Wildman–Crippen LogP) is 4.08. The summed E-state index contributed by atoms with van der Waals surface area (Å²) >= 11 is 0. The van der Waals surface area contributed by atoms with Gasteiger partial charge >= 0.3 is 0 Å². The number of aryl methyl sites for hydroxylation is 1. The number of hydrogen-bond acceptors (Lipinski definition) is 6. The average molecular weight is 565 g/mol. The van der Waals surface area contributed by atoms with Gasteiger partial charge in [0.25, 0.3) is 0 Å². The zero-order valence-electron chi connectivity index (χ0n) is 25.3. The summed E-state index contributed by atoms with van der Waals surface area (Å²) < 4.78 is 11.5. The Morgan fingerprint density at radius 3 is 2.66 bits per heavy atom. The molecule has 0 unspecified atom stereocenters. The van der Waals surface area contributed by atoms with Crippen LogP contribution >= 0.6 is 0 Å². The molecule has 41 heavy (non-hydrogen) atoms. The van der Waals surface area contributed by atoms with E-state index < -0.39 is 0 Å². The zero-order valence-corrected chi connectivity index (χ0v) is 25.3. The Morgan fingerprint density at radius 1 is 1.12 bits per heavy atom. The van der Waals surface area contributed by atoms with Crippen LogP contribution < -0.4 is 20.3 Å². The molecular weight excluding hydrogens is 516 g/mol. The Balaban J connectivity index is 1.24. The third kappa shape index (κ3) is 9.28. The van der Waals surface area contributed by atoms with Crippen molar-refractivity contribution in [3.8, 4) is 5.75 Å². The molecule has 2 fully saturated rings. The van der Waals surface area contributed by atoms with Gasteiger partial charge in [0.05, 0.1) is 19.1 Å². The second kappa shape index (κ2) is 15.3. The van der Waals surface area contributed by atoms with Crippen molar-refractivity contribution < 1.29 is 19.1 Å². The van der Waals surface area contributed by atoms with E-state index in [-0.39, 0.29) is 23.8 Å². The molecule has 2 amide bonds. The molecule has 1 saturated heterocycles. The highest BCUT2D eigenvalue weighted by molar-refractivity contribution is 5.94. The van der Waals surface area contributed by atoms with Gasteiger partial charge in [0, 0.05) is 64.0 Å². The summed E-state index contributed by atoms with van der Waals surface area (Å²) in [5.41, 5.74) is 4.44. The van der Waals surface area contributed by atoms with Crippen molar-refractivity contribution in [3.05, 3.63) is 59.2 Å². The molecule has 0 bridgehead atoms. The number of ether oxygens (including phenoxy) is 2. The Kier molecular flexibility index (Phi) is 11.6. The molecule has 1 heterocycles. The summed E-state index contributed by atoms with van der Waals surface area (Å²) in [5, 5.41) is 6.38. The van der Waals surface area contributed by atoms with E-state index in [4.69, 9.17) is 9.47 Å². The fraction of sp³-hybridized carbons (Fsp3) is 0.576. The van der Waals surface area contributed by atoms with Gasteiger partial charge in [0.2, 0.25) is 11.8 Å². The largest absolute Gasteiger partial charge is 0.490 e. The molecule has 2 N–H and O–H groups in total. The number of benzene rings is 2. The lowest BCUT2D eigenvalue weighted by Crippen LogP contribution is -2.48. The molecule has 0 radical (unpaired) electrons. The van der Waals surface area contributed by atoms with E-state index in [0.29, 0.717) is 32.2 Å². The lowest BCUT2D eigenvalue weighted by Gasteiger charge is -2.32. The number of anilines is 1. The highest BCUT2D eigenvalue weighted by Crippen LogP contribution is 2.31. The predicted molar refractivity (Wildman–Crippen MR) is 163 cm³/mol. The van der Waals surface area contributed by atoms with Crippen LogP contribution in [0.2, 0.25) is 0 Å². The third-order valence-electron chi connectivity index (χ3n) is 8.25. The van der Waals surface area contributed by atoms with E-state index in [1.54, 1.807) is 0 Å². The van der Waals surface area contributed by atoms with Gasteiger partial charge in [-0.2, -0.15) is 0 Å². The molecule has 2 aromatic rings.